The summed E-state index contributed by atoms with van der Waals surface area (Å²) in [7, 11) is 0. The van der Waals surface area contributed by atoms with Gasteiger partial charge in [0.05, 0.1) is 11.1 Å². The first-order valence-electron chi connectivity index (χ1n) is 8.24. The van der Waals surface area contributed by atoms with Crippen LogP contribution in [-0.2, 0) is 0 Å². The molecule has 0 bridgehead atoms. The molecule has 26 heavy (non-hydrogen) atoms. The number of fused-ring (bicyclic) bond motifs is 1. The number of carbonyl (C=O) groups excluding carboxylic acids is 1. The van der Waals surface area contributed by atoms with Crippen LogP contribution in [0.5, 0.6) is 0 Å². The van der Waals surface area contributed by atoms with Crippen LogP contribution < -0.4 is 5.76 Å². The second-order valence-corrected chi connectivity index (χ2v) is 6.63. The fourth-order valence-electron chi connectivity index (χ4n) is 3.36. The van der Waals surface area contributed by atoms with Gasteiger partial charge in [0.1, 0.15) is 11.0 Å². The highest BCUT2D eigenvalue weighted by molar-refractivity contribution is 6.29. The van der Waals surface area contributed by atoms with Crippen LogP contribution in [0.1, 0.15) is 29.2 Å². The van der Waals surface area contributed by atoms with Gasteiger partial charge in [-0.3, -0.25) is 9.36 Å². The van der Waals surface area contributed by atoms with Gasteiger partial charge >= 0.3 is 5.76 Å². The maximum atomic E-state index is 13.6. The number of piperidine rings is 1. The Balaban J connectivity index is 1.53. The van der Waals surface area contributed by atoms with E-state index in [2.05, 4.69) is 4.98 Å². The first-order chi connectivity index (χ1) is 12.5. The first kappa shape index (κ1) is 16.8. The molecule has 1 amide bonds. The van der Waals surface area contributed by atoms with Gasteiger partial charge in [-0.05, 0) is 37.1 Å². The van der Waals surface area contributed by atoms with Crippen LogP contribution in [0.3, 0.4) is 0 Å². The van der Waals surface area contributed by atoms with Crippen molar-refractivity contribution in [1.29, 1.82) is 0 Å². The molecule has 3 aromatic rings. The van der Waals surface area contributed by atoms with Crippen molar-refractivity contribution in [2.24, 2.45) is 0 Å². The van der Waals surface area contributed by atoms with E-state index in [0.717, 1.165) is 0 Å². The van der Waals surface area contributed by atoms with Crippen molar-refractivity contribution in [3.8, 4) is 0 Å². The number of pyridine rings is 1. The fourth-order valence-corrected chi connectivity index (χ4v) is 3.48. The van der Waals surface area contributed by atoms with Crippen molar-refractivity contribution in [3.05, 3.63) is 63.6 Å². The highest BCUT2D eigenvalue weighted by atomic mass is 35.5. The van der Waals surface area contributed by atoms with Crippen molar-refractivity contribution in [1.82, 2.24) is 14.5 Å². The lowest BCUT2D eigenvalue weighted by atomic mass is 10.0. The molecular formula is C18H15ClFN3O3. The summed E-state index contributed by atoms with van der Waals surface area (Å²) in [5, 5.41) is 0.332. The molecule has 1 saturated heterocycles. The smallest absolute Gasteiger partial charge is 0.408 e. The number of benzene rings is 1. The lowest BCUT2D eigenvalue weighted by molar-refractivity contribution is 0.0693. The van der Waals surface area contributed by atoms with Crippen molar-refractivity contribution in [3.63, 3.8) is 0 Å². The molecule has 0 saturated carbocycles. The quantitative estimate of drug-likeness (QED) is 0.645. The number of rotatable bonds is 2. The molecule has 0 N–H and O–H groups in total. The van der Waals surface area contributed by atoms with E-state index in [0.29, 0.717) is 47.7 Å². The number of likely N-dealkylation sites (tertiary alicyclic amines) is 1. The number of halogens is 2. The molecule has 6 nitrogen and oxygen atoms in total. The maximum Gasteiger partial charge on any atom is 0.420 e. The standard InChI is InChI=1S/C18H15ClFN3O3/c19-16-4-1-11(10-21-16)17(24)22-7-5-13(6-8-22)23-14-9-12(20)2-3-15(14)26-18(23)25/h1-4,9-10,13H,5-8H2. The molecule has 134 valence electrons. The third-order valence-electron chi connectivity index (χ3n) is 4.67. The van der Waals surface area contributed by atoms with E-state index in [-0.39, 0.29) is 11.9 Å². The summed E-state index contributed by atoms with van der Waals surface area (Å²) in [6, 6.07) is 7.09. The third-order valence-corrected chi connectivity index (χ3v) is 4.89. The second-order valence-electron chi connectivity index (χ2n) is 6.24. The van der Waals surface area contributed by atoms with Crippen molar-refractivity contribution < 1.29 is 13.6 Å². The van der Waals surface area contributed by atoms with Crippen LogP contribution in [-0.4, -0.2) is 33.4 Å². The number of amides is 1. The Kier molecular flexibility index (Phi) is 4.24. The lowest BCUT2D eigenvalue weighted by Crippen LogP contribution is -2.40. The van der Waals surface area contributed by atoms with Crippen molar-refractivity contribution in [2.45, 2.75) is 18.9 Å². The molecule has 0 aliphatic carbocycles. The molecule has 8 heteroatoms. The van der Waals surface area contributed by atoms with Crippen LogP contribution >= 0.6 is 11.6 Å². The third kappa shape index (κ3) is 2.99. The zero-order chi connectivity index (χ0) is 18.3. The topological polar surface area (TPSA) is 68.3 Å². The van der Waals surface area contributed by atoms with Crippen LogP contribution in [0.2, 0.25) is 5.15 Å². The average Bonchev–Trinajstić information content (AvgIpc) is 2.97. The summed E-state index contributed by atoms with van der Waals surface area (Å²) in [4.78, 5) is 30.4. The SMILES string of the molecule is O=C(c1ccc(Cl)nc1)N1CCC(n2c(=O)oc3ccc(F)cc32)CC1. The Morgan fingerprint density at radius 2 is 2.00 bits per heavy atom. The normalized spacial score (nSPS) is 15.5. The van der Waals surface area contributed by atoms with Gasteiger partial charge in [-0.15, -0.1) is 0 Å². The minimum Gasteiger partial charge on any atom is -0.408 e. The lowest BCUT2D eigenvalue weighted by Gasteiger charge is -2.32. The van der Waals surface area contributed by atoms with Gasteiger partial charge in [-0.2, -0.15) is 0 Å². The molecule has 0 radical (unpaired) electrons. The summed E-state index contributed by atoms with van der Waals surface area (Å²) in [6.07, 6.45) is 2.61. The Morgan fingerprint density at radius 3 is 2.69 bits per heavy atom. The van der Waals surface area contributed by atoms with Crippen LogP contribution in [0.15, 0.2) is 45.7 Å². The van der Waals surface area contributed by atoms with E-state index in [4.69, 9.17) is 16.0 Å². The summed E-state index contributed by atoms with van der Waals surface area (Å²) >= 11 is 5.75. The number of oxazole rings is 1. The molecule has 2 aromatic heterocycles. The van der Waals surface area contributed by atoms with Crippen LogP contribution in [0.4, 0.5) is 4.39 Å². The summed E-state index contributed by atoms with van der Waals surface area (Å²) in [6.45, 7) is 0.973. The molecule has 3 heterocycles. The molecule has 1 aliphatic rings. The number of nitrogens with zero attached hydrogens (tertiary/aromatic N) is 3. The predicted molar refractivity (Wildman–Crippen MR) is 93.9 cm³/mol. The summed E-state index contributed by atoms with van der Waals surface area (Å²) < 4.78 is 20.2. The van der Waals surface area contributed by atoms with E-state index in [1.807, 2.05) is 0 Å². The molecule has 1 aliphatic heterocycles. The van der Waals surface area contributed by atoms with Crippen LogP contribution in [0.25, 0.3) is 11.1 Å². The van der Waals surface area contributed by atoms with Gasteiger partial charge < -0.3 is 9.32 Å². The average molecular weight is 376 g/mol. The number of carbonyl (C=O) groups is 1. The fraction of sp³-hybridized carbons (Fsp3) is 0.278. The van der Waals surface area contributed by atoms with Gasteiger partial charge in [-0.1, -0.05) is 11.6 Å². The van der Waals surface area contributed by atoms with Gasteiger partial charge in [0.2, 0.25) is 0 Å². The maximum absolute atomic E-state index is 13.6. The molecular weight excluding hydrogens is 361 g/mol. The van der Waals surface area contributed by atoms with Crippen molar-refractivity contribution in [2.75, 3.05) is 13.1 Å². The van der Waals surface area contributed by atoms with Crippen molar-refractivity contribution >= 4 is 28.6 Å². The molecule has 0 atom stereocenters. The molecule has 1 aromatic carbocycles. The summed E-state index contributed by atoms with van der Waals surface area (Å²) in [5.74, 6) is -1.05. The zero-order valence-corrected chi connectivity index (χ0v) is 14.4. The van der Waals surface area contributed by atoms with Gasteiger partial charge in [-0.25, -0.2) is 14.2 Å². The number of hydrogen-bond donors (Lipinski definition) is 0. The Bertz CT molecular complexity index is 1020. The van der Waals surface area contributed by atoms with Gasteiger partial charge in [0.15, 0.2) is 5.58 Å². The first-order valence-corrected chi connectivity index (χ1v) is 8.62. The number of hydrogen-bond acceptors (Lipinski definition) is 4. The highest BCUT2D eigenvalue weighted by Gasteiger charge is 2.27. The Hall–Kier alpha value is -2.67. The highest BCUT2D eigenvalue weighted by Crippen LogP contribution is 2.27. The van der Waals surface area contributed by atoms with E-state index in [1.165, 1.54) is 29.0 Å². The van der Waals surface area contributed by atoms with E-state index < -0.39 is 11.6 Å². The van der Waals surface area contributed by atoms with Gasteiger partial charge in [0, 0.05) is 31.4 Å². The second kappa shape index (κ2) is 6.57. The van der Waals surface area contributed by atoms with E-state index in [9.17, 15) is 14.0 Å². The van der Waals surface area contributed by atoms with E-state index in [1.54, 1.807) is 17.0 Å². The largest absolute Gasteiger partial charge is 0.420 e. The molecule has 4 rings (SSSR count). The zero-order valence-electron chi connectivity index (χ0n) is 13.7. The Labute approximate surface area is 152 Å². The predicted octanol–water partition coefficient (Wildman–Crippen LogP) is 3.26. The molecule has 0 spiro atoms. The summed E-state index contributed by atoms with van der Waals surface area (Å²) in [5.41, 5.74) is 1.28. The minimum absolute atomic E-state index is 0.122. The van der Waals surface area contributed by atoms with E-state index >= 15 is 0 Å². The number of aromatic nitrogens is 2. The minimum atomic E-state index is -0.503. The molecule has 0 unspecified atom stereocenters. The molecule has 1 fully saturated rings. The van der Waals surface area contributed by atoms with Crippen LogP contribution in [0, 0.1) is 5.82 Å². The van der Waals surface area contributed by atoms with Gasteiger partial charge in [0.25, 0.3) is 5.91 Å². The Morgan fingerprint density at radius 1 is 1.23 bits per heavy atom. The monoisotopic (exact) mass is 375 g/mol.